The summed E-state index contributed by atoms with van der Waals surface area (Å²) in [7, 11) is 2.62. The number of hydrogen-bond acceptors (Lipinski definition) is 20. The Hall–Kier alpha value is -5.68. The summed E-state index contributed by atoms with van der Waals surface area (Å²) >= 11 is 0. The molecule has 3 heterocycles. The molecule has 1 aromatic heterocycles. The van der Waals surface area contributed by atoms with Crippen molar-refractivity contribution in [1.82, 2.24) is 0 Å². The molecule has 0 amide bonds. The summed E-state index contributed by atoms with van der Waals surface area (Å²) in [5.41, 5.74) is -1.42. The van der Waals surface area contributed by atoms with Crippen molar-refractivity contribution < 1.29 is 93.8 Å². The van der Waals surface area contributed by atoms with Crippen molar-refractivity contribution in [3.8, 4) is 51.6 Å². The SMILES string of the molecule is COc1cc(/C=C/C(=O)OC[C@H]2O[C@@H](c3c(O[C@@H]4O[C@H](CO)[C@@H](O)[C@H](O)[C@H]4O)cc4oc(-c5ccc(O)c(O)c5)cc(=O)c4c3O)[C@H](O)[C@@H](O)[C@@H]2O)cc(OC)c1O. The van der Waals surface area contributed by atoms with E-state index in [9.17, 15) is 65.8 Å². The van der Waals surface area contributed by atoms with Gasteiger partial charge in [0.2, 0.25) is 12.0 Å². The second kappa shape index (κ2) is 17.0. The van der Waals surface area contributed by atoms with Crippen LogP contribution in [-0.2, 0) is 19.0 Å². The minimum absolute atomic E-state index is 0.0485. The molecule has 58 heavy (non-hydrogen) atoms. The maximum absolute atomic E-state index is 13.6. The van der Waals surface area contributed by atoms with E-state index >= 15 is 0 Å². The average molecular weight is 817 g/mol. The fourth-order valence-electron chi connectivity index (χ4n) is 6.49. The Bertz CT molecular complexity index is 2210. The molecule has 20 heteroatoms. The number of phenolic OH excluding ortho intramolecular Hbond substituents is 4. The normalized spacial score (nSPS) is 27.4. The maximum Gasteiger partial charge on any atom is 0.330 e. The summed E-state index contributed by atoms with van der Waals surface area (Å²) in [5.74, 6) is -3.89. The molecule has 2 aliphatic rings. The van der Waals surface area contributed by atoms with Crippen LogP contribution in [0.5, 0.6) is 40.2 Å². The lowest BCUT2D eigenvalue weighted by Gasteiger charge is -2.42. The minimum atomic E-state index is -2.09. The monoisotopic (exact) mass is 816 g/mol. The highest BCUT2D eigenvalue weighted by Gasteiger charge is 2.49. The van der Waals surface area contributed by atoms with Gasteiger partial charge in [-0.3, -0.25) is 4.79 Å². The highest BCUT2D eigenvalue weighted by atomic mass is 16.7. The summed E-state index contributed by atoms with van der Waals surface area (Å²) in [4.78, 5) is 26.3. The molecule has 0 unspecified atom stereocenters. The number of aromatic hydroxyl groups is 4. The molecule has 6 rings (SSSR count). The molecular formula is C38H40O20. The zero-order valence-electron chi connectivity index (χ0n) is 30.5. The van der Waals surface area contributed by atoms with Gasteiger partial charge in [-0.15, -0.1) is 0 Å². The van der Waals surface area contributed by atoms with Crippen LogP contribution in [0.25, 0.3) is 28.4 Å². The first-order valence-corrected chi connectivity index (χ1v) is 17.4. The number of rotatable bonds is 11. The van der Waals surface area contributed by atoms with Gasteiger partial charge in [-0.1, -0.05) is 0 Å². The van der Waals surface area contributed by atoms with Crippen molar-refractivity contribution in [2.24, 2.45) is 0 Å². The molecule has 2 aliphatic heterocycles. The second-order valence-electron chi connectivity index (χ2n) is 13.3. The lowest BCUT2D eigenvalue weighted by Crippen LogP contribution is -2.60. The Morgan fingerprint density at radius 2 is 1.40 bits per heavy atom. The number of phenols is 4. The summed E-state index contributed by atoms with van der Waals surface area (Å²) in [6, 6.07) is 8.25. The van der Waals surface area contributed by atoms with E-state index in [-0.39, 0.29) is 28.6 Å². The summed E-state index contributed by atoms with van der Waals surface area (Å²) in [6.07, 6.45) is -16.4. The minimum Gasteiger partial charge on any atom is -0.506 e. The van der Waals surface area contributed by atoms with Crippen molar-refractivity contribution in [1.29, 1.82) is 0 Å². The number of hydrogen-bond donors (Lipinski definition) is 11. The van der Waals surface area contributed by atoms with Gasteiger partial charge in [-0.05, 0) is 42.0 Å². The third-order valence-electron chi connectivity index (χ3n) is 9.65. The lowest BCUT2D eigenvalue weighted by atomic mass is 9.89. The number of fused-ring (bicyclic) bond motifs is 1. The van der Waals surface area contributed by atoms with Crippen LogP contribution in [-0.4, -0.2) is 145 Å². The summed E-state index contributed by atoms with van der Waals surface area (Å²) < 4.78 is 38.5. The fourth-order valence-corrected chi connectivity index (χ4v) is 6.49. The van der Waals surface area contributed by atoms with E-state index < -0.39 is 125 Å². The molecule has 0 spiro atoms. The van der Waals surface area contributed by atoms with E-state index in [1.54, 1.807) is 0 Å². The molecule has 312 valence electrons. The first-order valence-electron chi connectivity index (χ1n) is 17.4. The summed E-state index contributed by atoms with van der Waals surface area (Å²) in [6.45, 7) is -1.60. The van der Waals surface area contributed by atoms with Gasteiger partial charge in [-0.25, -0.2) is 4.79 Å². The number of carbonyl (C=O) groups is 1. The van der Waals surface area contributed by atoms with Gasteiger partial charge in [0.25, 0.3) is 0 Å². The molecule has 2 fully saturated rings. The molecule has 0 bridgehead atoms. The number of methoxy groups -OCH3 is 2. The topological polar surface area (TPSA) is 325 Å². The predicted molar refractivity (Wildman–Crippen MR) is 194 cm³/mol. The number of aliphatic hydroxyl groups excluding tert-OH is 7. The van der Waals surface area contributed by atoms with Gasteiger partial charge in [0.15, 0.2) is 28.4 Å². The zero-order valence-corrected chi connectivity index (χ0v) is 30.5. The van der Waals surface area contributed by atoms with Gasteiger partial charge < -0.3 is 89.0 Å². The number of aliphatic hydroxyl groups is 7. The Morgan fingerprint density at radius 3 is 2.03 bits per heavy atom. The zero-order chi connectivity index (χ0) is 42.2. The Kier molecular flexibility index (Phi) is 12.3. The van der Waals surface area contributed by atoms with Crippen LogP contribution >= 0.6 is 0 Å². The first kappa shape index (κ1) is 41.9. The lowest BCUT2D eigenvalue weighted by molar-refractivity contribution is -0.278. The van der Waals surface area contributed by atoms with Gasteiger partial charge >= 0.3 is 5.97 Å². The molecule has 11 N–H and O–H groups in total. The second-order valence-corrected chi connectivity index (χ2v) is 13.3. The molecule has 0 aliphatic carbocycles. The third-order valence-corrected chi connectivity index (χ3v) is 9.65. The number of benzene rings is 3. The van der Waals surface area contributed by atoms with Crippen LogP contribution in [0.2, 0.25) is 0 Å². The predicted octanol–water partition coefficient (Wildman–Crippen LogP) is -0.743. The smallest absolute Gasteiger partial charge is 0.330 e. The van der Waals surface area contributed by atoms with E-state index in [1.165, 1.54) is 38.5 Å². The molecule has 0 saturated carbocycles. The van der Waals surface area contributed by atoms with Gasteiger partial charge in [0.05, 0.1) is 26.4 Å². The Morgan fingerprint density at radius 1 is 0.741 bits per heavy atom. The third kappa shape index (κ3) is 8.05. The fraction of sp³-hybridized carbons (Fsp3) is 0.368. The van der Waals surface area contributed by atoms with Gasteiger partial charge in [-0.2, -0.15) is 0 Å². The Labute approximate surface area is 326 Å². The van der Waals surface area contributed by atoms with Crippen molar-refractivity contribution in [3.63, 3.8) is 0 Å². The highest BCUT2D eigenvalue weighted by molar-refractivity contribution is 5.89. The number of carbonyl (C=O) groups excluding carboxylic acids is 1. The number of ether oxygens (including phenoxy) is 6. The van der Waals surface area contributed by atoms with Crippen LogP contribution in [0.15, 0.2) is 57.8 Å². The van der Waals surface area contributed by atoms with Crippen LogP contribution in [0.3, 0.4) is 0 Å². The first-order chi connectivity index (χ1) is 27.6. The largest absolute Gasteiger partial charge is 0.506 e. The van der Waals surface area contributed by atoms with E-state index in [4.69, 9.17) is 32.8 Å². The molecule has 2 saturated heterocycles. The maximum atomic E-state index is 13.6. The molecule has 20 nitrogen and oxygen atoms in total. The van der Waals surface area contributed by atoms with E-state index in [1.807, 2.05) is 0 Å². The van der Waals surface area contributed by atoms with Crippen molar-refractivity contribution >= 4 is 23.0 Å². The quantitative estimate of drug-likeness (QED) is 0.0504. The van der Waals surface area contributed by atoms with E-state index in [0.717, 1.165) is 30.3 Å². The molecule has 4 aromatic rings. The van der Waals surface area contributed by atoms with Crippen LogP contribution in [0.4, 0.5) is 0 Å². The molecule has 10 atom stereocenters. The average Bonchev–Trinajstić information content (AvgIpc) is 3.20. The van der Waals surface area contributed by atoms with E-state index in [2.05, 4.69) is 0 Å². The van der Waals surface area contributed by atoms with E-state index in [0.29, 0.717) is 5.56 Å². The standard InChI is InChI=1S/C38H40O20/c1-52-22-7-14(8-23(53-2)29(22)44)3-6-26(43)54-13-25-31(46)33(48)35(50)37(56-25)28-21(57-38-36(51)34(49)30(45)24(12-39)58-38)11-20-27(32(28)47)18(42)10-19(55-20)15-4-5-16(40)17(41)9-15/h3-11,24-25,30-31,33-41,44-51H,12-13H2,1-2H3/b6-3+/t24-,25-,30-,31-,33+,34+,35-,36-,37+,38-/m1/s1. The van der Waals surface area contributed by atoms with Crippen molar-refractivity contribution in [2.45, 2.75) is 61.2 Å². The van der Waals surface area contributed by atoms with Crippen LogP contribution < -0.4 is 19.6 Å². The Balaban J connectivity index is 1.36. The van der Waals surface area contributed by atoms with Crippen LogP contribution in [0.1, 0.15) is 17.2 Å². The van der Waals surface area contributed by atoms with Crippen molar-refractivity contribution in [3.05, 3.63) is 69.9 Å². The van der Waals surface area contributed by atoms with Crippen molar-refractivity contribution in [2.75, 3.05) is 27.4 Å². The number of esters is 1. The van der Waals surface area contributed by atoms with Gasteiger partial charge in [0.1, 0.15) is 89.8 Å². The molecular weight excluding hydrogens is 776 g/mol. The molecule has 0 radical (unpaired) electrons. The van der Waals surface area contributed by atoms with Crippen LogP contribution in [0, 0.1) is 0 Å². The summed E-state index contributed by atoms with van der Waals surface area (Å²) in [5, 5.41) is 115. The highest BCUT2D eigenvalue weighted by Crippen LogP contribution is 2.46. The van der Waals surface area contributed by atoms with Gasteiger partial charge in [0, 0.05) is 23.8 Å². The molecule has 3 aromatic carbocycles.